The Morgan fingerprint density at radius 1 is 1.17 bits per heavy atom. The fourth-order valence-electron chi connectivity index (χ4n) is 3.55. The molecule has 0 spiro atoms. The van der Waals surface area contributed by atoms with Crippen LogP contribution in [-0.2, 0) is 11.2 Å². The maximum atomic E-state index is 10.5. The molecule has 154 valence electrons. The first kappa shape index (κ1) is 19.5. The number of nitrogens with two attached hydrogens (primary N) is 1. The van der Waals surface area contributed by atoms with Crippen molar-refractivity contribution in [2.45, 2.75) is 31.0 Å². The number of aliphatic hydroxyl groups is 3. The van der Waals surface area contributed by atoms with Crippen molar-refractivity contribution in [2.24, 2.45) is 0 Å². The highest BCUT2D eigenvalue weighted by molar-refractivity contribution is 5.84. The highest BCUT2D eigenvalue weighted by atomic mass is 16.6. The lowest BCUT2D eigenvalue weighted by molar-refractivity contribution is -0.0504. The summed E-state index contributed by atoms with van der Waals surface area (Å²) in [6.45, 7) is 0.215. The third kappa shape index (κ3) is 3.51. The van der Waals surface area contributed by atoms with Crippen LogP contribution in [0.5, 0.6) is 0 Å². The number of aliphatic hydroxyl groups excluding tert-OH is 3. The summed E-state index contributed by atoms with van der Waals surface area (Å²) in [6, 6.07) is 10.0. The molecule has 5 N–H and O–H groups in total. The molecule has 29 heavy (non-hydrogen) atoms. The zero-order valence-corrected chi connectivity index (χ0v) is 16.0. The van der Waals surface area contributed by atoms with E-state index in [2.05, 4.69) is 15.0 Å². The largest absolute Gasteiger partial charge is 0.394 e. The SMILES string of the molecule is CN(CCc1ccccc1)c1nc2c(N)ncnc2n1[C@@H]1O[C@H](CO)[C@@H](O)[C@H]1O. The summed E-state index contributed by atoms with van der Waals surface area (Å²) >= 11 is 0. The van der Waals surface area contributed by atoms with Gasteiger partial charge in [-0.1, -0.05) is 30.3 Å². The Morgan fingerprint density at radius 2 is 1.93 bits per heavy atom. The van der Waals surface area contributed by atoms with Gasteiger partial charge in [-0.2, -0.15) is 0 Å². The van der Waals surface area contributed by atoms with Crippen LogP contribution < -0.4 is 10.6 Å². The molecule has 0 aliphatic carbocycles. The Balaban J connectivity index is 1.71. The molecule has 0 unspecified atom stereocenters. The molecule has 3 heterocycles. The average molecular weight is 400 g/mol. The summed E-state index contributed by atoms with van der Waals surface area (Å²) < 4.78 is 7.33. The minimum Gasteiger partial charge on any atom is -0.394 e. The maximum Gasteiger partial charge on any atom is 0.209 e. The van der Waals surface area contributed by atoms with Crippen molar-refractivity contribution in [1.82, 2.24) is 19.5 Å². The number of hydrogen-bond donors (Lipinski definition) is 4. The normalized spacial score (nSPS) is 24.3. The van der Waals surface area contributed by atoms with Crippen molar-refractivity contribution in [3.8, 4) is 0 Å². The van der Waals surface area contributed by atoms with Crippen LogP contribution in [0.3, 0.4) is 0 Å². The van der Waals surface area contributed by atoms with Gasteiger partial charge in [0.2, 0.25) is 5.95 Å². The molecule has 0 radical (unpaired) electrons. The quantitative estimate of drug-likeness (QED) is 0.438. The second-order valence-electron chi connectivity index (χ2n) is 7.10. The molecular formula is C19H24N6O4. The van der Waals surface area contributed by atoms with Gasteiger partial charge in [-0.15, -0.1) is 0 Å². The molecule has 4 rings (SSSR count). The smallest absolute Gasteiger partial charge is 0.209 e. The summed E-state index contributed by atoms with van der Waals surface area (Å²) in [7, 11) is 1.87. The highest BCUT2D eigenvalue weighted by Crippen LogP contribution is 2.36. The summed E-state index contributed by atoms with van der Waals surface area (Å²) in [4.78, 5) is 14.7. The van der Waals surface area contributed by atoms with E-state index in [-0.39, 0.29) is 5.82 Å². The number of anilines is 2. The minimum absolute atomic E-state index is 0.207. The molecule has 10 nitrogen and oxygen atoms in total. The van der Waals surface area contributed by atoms with Gasteiger partial charge in [0, 0.05) is 13.6 Å². The Kier molecular flexibility index (Phi) is 5.33. The first-order valence-electron chi connectivity index (χ1n) is 9.37. The van der Waals surface area contributed by atoms with Gasteiger partial charge in [-0.25, -0.2) is 15.0 Å². The number of benzene rings is 1. The van der Waals surface area contributed by atoms with Crippen molar-refractivity contribution < 1.29 is 20.1 Å². The third-order valence-electron chi connectivity index (χ3n) is 5.18. The van der Waals surface area contributed by atoms with Gasteiger partial charge in [-0.3, -0.25) is 4.57 Å². The number of imidazole rings is 1. The fraction of sp³-hybridized carbons (Fsp3) is 0.421. The summed E-state index contributed by atoms with van der Waals surface area (Å²) in [5.74, 6) is 0.677. The van der Waals surface area contributed by atoms with Crippen molar-refractivity contribution in [3.63, 3.8) is 0 Å². The Labute approximate surface area is 167 Å². The second kappa shape index (κ2) is 7.91. The van der Waals surface area contributed by atoms with Crippen LogP contribution in [-0.4, -0.2) is 73.3 Å². The molecule has 1 aliphatic heterocycles. The predicted octanol–water partition coefficient (Wildman–Crippen LogP) is -0.301. The first-order valence-corrected chi connectivity index (χ1v) is 9.37. The lowest BCUT2D eigenvalue weighted by atomic mass is 10.1. The molecule has 1 fully saturated rings. The molecule has 1 aliphatic rings. The van der Waals surface area contributed by atoms with Crippen molar-refractivity contribution in [3.05, 3.63) is 42.2 Å². The van der Waals surface area contributed by atoms with Gasteiger partial charge in [0.1, 0.15) is 24.6 Å². The molecule has 0 amide bonds. The number of hydrogen-bond acceptors (Lipinski definition) is 9. The van der Waals surface area contributed by atoms with Gasteiger partial charge in [0.15, 0.2) is 23.2 Å². The Bertz CT molecular complexity index is 981. The van der Waals surface area contributed by atoms with Crippen LogP contribution in [0.2, 0.25) is 0 Å². The van der Waals surface area contributed by atoms with E-state index >= 15 is 0 Å². The van der Waals surface area contributed by atoms with E-state index in [1.165, 1.54) is 11.9 Å². The van der Waals surface area contributed by atoms with Gasteiger partial charge >= 0.3 is 0 Å². The summed E-state index contributed by atoms with van der Waals surface area (Å²) in [5, 5.41) is 30.2. The highest BCUT2D eigenvalue weighted by Gasteiger charge is 2.45. The molecule has 10 heteroatoms. The first-order chi connectivity index (χ1) is 14.0. The number of nitrogen functional groups attached to an aromatic ring is 1. The summed E-state index contributed by atoms with van der Waals surface area (Å²) in [5.41, 5.74) is 7.92. The van der Waals surface area contributed by atoms with Gasteiger partial charge in [-0.05, 0) is 12.0 Å². The molecule has 1 saturated heterocycles. The van der Waals surface area contributed by atoms with Crippen molar-refractivity contribution in [1.29, 1.82) is 0 Å². The molecule has 0 saturated carbocycles. The van der Waals surface area contributed by atoms with E-state index in [4.69, 9.17) is 10.5 Å². The van der Waals surface area contributed by atoms with Gasteiger partial charge < -0.3 is 30.7 Å². The fourth-order valence-corrected chi connectivity index (χ4v) is 3.55. The third-order valence-corrected chi connectivity index (χ3v) is 5.18. The van der Waals surface area contributed by atoms with Crippen LogP contribution in [0.25, 0.3) is 11.2 Å². The lowest BCUT2D eigenvalue weighted by Crippen LogP contribution is -2.34. The van der Waals surface area contributed by atoms with Crippen molar-refractivity contribution in [2.75, 3.05) is 30.8 Å². The molecular weight excluding hydrogens is 376 g/mol. The van der Waals surface area contributed by atoms with Crippen LogP contribution in [0.1, 0.15) is 11.8 Å². The monoisotopic (exact) mass is 400 g/mol. The number of nitrogens with zero attached hydrogens (tertiary/aromatic N) is 5. The zero-order chi connectivity index (χ0) is 20.5. The number of likely N-dealkylation sites (N-methyl/N-ethyl adjacent to an activating group) is 1. The average Bonchev–Trinajstić information content (AvgIpc) is 3.26. The van der Waals surface area contributed by atoms with Gasteiger partial charge in [0.05, 0.1) is 6.61 Å². The zero-order valence-electron chi connectivity index (χ0n) is 16.0. The Morgan fingerprint density at radius 3 is 2.62 bits per heavy atom. The number of fused-ring (bicyclic) bond motifs is 1. The predicted molar refractivity (Wildman–Crippen MR) is 106 cm³/mol. The summed E-state index contributed by atoms with van der Waals surface area (Å²) in [6.07, 6.45) is -2.29. The molecule has 2 aromatic heterocycles. The second-order valence-corrected chi connectivity index (χ2v) is 7.10. The van der Waals surface area contributed by atoms with Crippen LogP contribution >= 0.6 is 0 Å². The molecule has 0 bridgehead atoms. The standard InChI is InChI=1S/C19H24N6O4/c1-24(8-7-11-5-3-2-4-6-11)19-23-13-16(20)21-10-22-17(13)25(19)18-15(28)14(27)12(9-26)29-18/h2-6,10,12,14-15,18,26-28H,7-9H2,1H3,(H2,20,21,22)/t12-,14-,15-,18-/m1/s1. The maximum absolute atomic E-state index is 10.5. The topological polar surface area (TPSA) is 143 Å². The van der Waals surface area contributed by atoms with E-state index in [1.807, 2.05) is 42.3 Å². The van der Waals surface area contributed by atoms with E-state index in [9.17, 15) is 15.3 Å². The number of ether oxygens (including phenoxy) is 1. The number of aromatic nitrogens is 4. The molecule has 3 aromatic rings. The van der Waals surface area contributed by atoms with E-state index in [0.29, 0.717) is 23.7 Å². The van der Waals surface area contributed by atoms with Crippen LogP contribution in [0.4, 0.5) is 11.8 Å². The molecule has 1 aromatic carbocycles. The Hall–Kier alpha value is -2.79. The van der Waals surface area contributed by atoms with E-state index in [1.54, 1.807) is 4.57 Å². The minimum atomic E-state index is -1.26. The van der Waals surface area contributed by atoms with Crippen LogP contribution in [0.15, 0.2) is 36.7 Å². The molecule has 4 atom stereocenters. The van der Waals surface area contributed by atoms with Gasteiger partial charge in [0.25, 0.3) is 0 Å². The lowest BCUT2D eigenvalue weighted by Gasteiger charge is -2.24. The number of rotatable bonds is 6. The van der Waals surface area contributed by atoms with Crippen molar-refractivity contribution >= 4 is 22.9 Å². The van der Waals surface area contributed by atoms with E-state index in [0.717, 1.165) is 6.42 Å². The van der Waals surface area contributed by atoms with Crippen LogP contribution in [0, 0.1) is 0 Å². The van der Waals surface area contributed by atoms with E-state index < -0.39 is 31.1 Å².